The number of aromatic nitrogens is 2. The highest BCUT2D eigenvalue weighted by Crippen LogP contribution is 2.38. The van der Waals surface area contributed by atoms with Gasteiger partial charge < -0.3 is 4.52 Å². The van der Waals surface area contributed by atoms with Crippen LogP contribution in [0, 0.1) is 0 Å². The highest BCUT2D eigenvalue weighted by molar-refractivity contribution is 9.12. The zero-order valence-corrected chi connectivity index (χ0v) is 12.2. The molecular weight excluding hydrogens is 367 g/mol. The standard InChI is InChI=1S/C8H5Br2ClN2OS/c1-3(11)7-12-8(14-13-7)4-2-5(9)15-6(4)10/h2-3H,1H3. The number of thiophene rings is 1. The number of halogens is 3. The summed E-state index contributed by atoms with van der Waals surface area (Å²) in [5.41, 5.74) is 0.878. The van der Waals surface area contributed by atoms with E-state index < -0.39 is 0 Å². The summed E-state index contributed by atoms with van der Waals surface area (Å²) in [6, 6.07) is 1.92. The Bertz CT molecular complexity index is 483. The molecule has 2 aromatic rings. The zero-order chi connectivity index (χ0) is 11.0. The topological polar surface area (TPSA) is 38.9 Å². The van der Waals surface area contributed by atoms with Crippen LogP contribution < -0.4 is 0 Å². The van der Waals surface area contributed by atoms with Crippen molar-refractivity contribution in [3.63, 3.8) is 0 Å². The van der Waals surface area contributed by atoms with Crippen LogP contribution in [0.2, 0.25) is 0 Å². The van der Waals surface area contributed by atoms with E-state index in [9.17, 15) is 0 Å². The monoisotopic (exact) mass is 370 g/mol. The van der Waals surface area contributed by atoms with E-state index in [-0.39, 0.29) is 5.38 Å². The van der Waals surface area contributed by atoms with E-state index in [4.69, 9.17) is 16.1 Å². The second-order valence-electron chi connectivity index (χ2n) is 2.81. The molecule has 1 unspecified atom stereocenters. The highest BCUT2D eigenvalue weighted by atomic mass is 79.9. The molecule has 0 radical (unpaired) electrons. The summed E-state index contributed by atoms with van der Waals surface area (Å²) in [5, 5.41) is 3.55. The molecule has 80 valence electrons. The summed E-state index contributed by atoms with van der Waals surface area (Å²) in [4.78, 5) is 4.20. The minimum atomic E-state index is -0.247. The van der Waals surface area contributed by atoms with Gasteiger partial charge in [0.2, 0.25) is 0 Å². The van der Waals surface area contributed by atoms with Crippen LogP contribution in [-0.2, 0) is 0 Å². The second kappa shape index (κ2) is 4.53. The molecule has 1 atom stereocenters. The van der Waals surface area contributed by atoms with Crippen LogP contribution in [0.4, 0.5) is 0 Å². The zero-order valence-electron chi connectivity index (χ0n) is 7.50. The van der Waals surface area contributed by atoms with Crippen LogP contribution in [0.15, 0.2) is 18.2 Å². The summed E-state index contributed by atoms with van der Waals surface area (Å²) in [6.07, 6.45) is 0. The van der Waals surface area contributed by atoms with Gasteiger partial charge in [0.15, 0.2) is 5.82 Å². The van der Waals surface area contributed by atoms with Gasteiger partial charge in [-0.05, 0) is 44.8 Å². The number of nitrogens with zero attached hydrogens (tertiary/aromatic N) is 2. The first-order chi connectivity index (χ1) is 7.08. The first-order valence-electron chi connectivity index (χ1n) is 4.01. The largest absolute Gasteiger partial charge is 0.334 e. The maximum absolute atomic E-state index is 5.85. The molecular formula is C8H5Br2ClN2OS. The number of alkyl halides is 1. The molecule has 0 aliphatic rings. The van der Waals surface area contributed by atoms with Crippen molar-refractivity contribution in [3.8, 4) is 11.5 Å². The van der Waals surface area contributed by atoms with Gasteiger partial charge in [-0.15, -0.1) is 22.9 Å². The number of hydrogen-bond donors (Lipinski definition) is 0. The Morgan fingerprint density at radius 3 is 2.73 bits per heavy atom. The van der Waals surface area contributed by atoms with Gasteiger partial charge in [0, 0.05) is 0 Å². The van der Waals surface area contributed by atoms with E-state index in [1.54, 1.807) is 18.3 Å². The smallest absolute Gasteiger partial charge is 0.260 e. The Morgan fingerprint density at radius 1 is 1.53 bits per heavy atom. The Labute approximate surface area is 112 Å². The van der Waals surface area contributed by atoms with Crippen LogP contribution in [0.1, 0.15) is 18.1 Å². The van der Waals surface area contributed by atoms with Crippen molar-refractivity contribution >= 4 is 54.8 Å². The van der Waals surface area contributed by atoms with Crippen molar-refractivity contribution in [2.75, 3.05) is 0 Å². The predicted octanol–water partition coefficient (Wildman–Crippen LogP) is 4.62. The van der Waals surface area contributed by atoms with Crippen LogP contribution in [-0.4, -0.2) is 10.1 Å². The van der Waals surface area contributed by atoms with Crippen LogP contribution >= 0.6 is 54.8 Å². The van der Waals surface area contributed by atoms with Crippen molar-refractivity contribution in [1.82, 2.24) is 10.1 Å². The first-order valence-corrected chi connectivity index (χ1v) is 6.84. The van der Waals surface area contributed by atoms with Gasteiger partial charge in [0.25, 0.3) is 5.89 Å². The molecule has 0 aliphatic heterocycles. The first kappa shape index (κ1) is 11.6. The summed E-state index contributed by atoms with van der Waals surface area (Å²) in [5.74, 6) is 0.979. The molecule has 0 bridgehead atoms. The predicted molar refractivity (Wildman–Crippen MR) is 67.3 cm³/mol. The Morgan fingerprint density at radius 2 is 2.27 bits per heavy atom. The minimum Gasteiger partial charge on any atom is -0.334 e. The third-order valence-electron chi connectivity index (χ3n) is 1.68. The van der Waals surface area contributed by atoms with Crippen molar-refractivity contribution in [1.29, 1.82) is 0 Å². The average molecular weight is 372 g/mol. The average Bonchev–Trinajstić information content (AvgIpc) is 2.71. The lowest BCUT2D eigenvalue weighted by atomic mass is 10.3. The van der Waals surface area contributed by atoms with Gasteiger partial charge >= 0.3 is 0 Å². The molecule has 2 aromatic heterocycles. The lowest BCUT2D eigenvalue weighted by molar-refractivity contribution is 0.422. The van der Waals surface area contributed by atoms with E-state index in [2.05, 4.69) is 42.0 Å². The fourth-order valence-corrected chi connectivity index (χ4v) is 3.86. The molecule has 0 saturated carbocycles. The van der Waals surface area contributed by atoms with E-state index in [0.29, 0.717) is 11.7 Å². The summed E-state index contributed by atoms with van der Waals surface area (Å²) >= 11 is 14.2. The molecule has 0 fully saturated rings. The van der Waals surface area contributed by atoms with Gasteiger partial charge in [-0.1, -0.05) is 5.16 Å². The van der Waals surface area contributed by atoms with Crippen molar-refractivity contribution in [2.45, 2.75) is 12.3 Å². The molecule has 2 heterocycles. The van der Waals surface area contributed by atoms with Gasteiger partial charge in [-0.3, -0.25) is 0 Å². The fraction of sp³-hybridized carbons (Fsp3) is 0.250. The molecule has 0 aliphatic carbocycles. The third-order valence-corrected chi connectivity index (χ3v) is 4.22. The Hall–Kier alpha value is 0.0900. The maximum atomic E-state index is 5.85. The van der Waals surface area contributed by atoms with Crippen LogP contribution in [0.3, 0.4) is 0 Å². The third kappa shape index (κ3) is 2.43. The van der Waals surface area contributed by atoms with E-state index >= 15 is 0 Å². The van der Waals surface area contributed by atoms with Crippen LogP contribution in [0.5, 0.6) is 0 Å². The molecule has 0 spiro atoms. The minimum absolute atomic E-state index is 0.247. The molecule has 0 saturated heterocycles. The molecule has 0 N–H and O–H groups in total. The molecule has 0 aromatic carbocycles. The summed E-state index contributed by atoms with van der Waals surface area (Å²) in [6.45, 7) is 1.80. The normalized spacial score (nSPS) is 13.1. The number of rotatable bonds is 2. The summed E-state index contributed by atoms with van der Waals surface area (Å²) < 4.78 is 7.07. The molecule has 7 heteroatoms. The Balaban J connectivity index is 2.41. The Kier molecular flexibility index (Phi) is 3.49. The second-order valence-corrected chi connectivity index (χ2v) is 7.22. The lowest BCUT2D eigenvalue weighted by Gasteiger charge is -1.90. The quantitative estimate of drug-likeness (QED) is 0.722. The fourth-order valence-electron chi connectivity index (χ4n) is 0.992. The number of hydrogen-bond acceptors (Lipinski definition) is 4. The molecule has 15 heavy (non-hydrogen) atoms. The molecule has 0 amide bonds. The van der Waals surface area contributed by atoms with Crippen molar-refractivity contribution < 1.29 is 4.52 Å². The van der Waals surface area contributed by atoms with E-state index in [1.165, 1.54) is 0 Å². The van der Waals surface area contributed by atoms with Crippen molar-refractivity contribution in [2.24, 2.45) is 0 Å². The molecule has 3 nitrogen and oxygen atoms in total. The highest BCUT2D eigenvalue weighted by Gasteiger charge is 2.16. The van der Waals surface area contributed by atoms with Gasteiger partial charge in [0.1, 0.15) is 0 Å². The SMILES string of the molecule is CC(Cl)c1noc(-c2cc(Br)sc2Br)n1. The molecule has 2 rings (SSSR count). The summed E-state index contributed by atoms with van der Waals surface area (Å²) in [7, 11) is 0. The van der Waals surface area contributed by atoms with Gasteiger partial charge in [-0.2, -0.15) is 4.98 Å². The van der Waals surface area contributed by atoms with E-state index in [0.717, 1.165) is 13.1 Å². The lowest BCUT2D eigenvalue weighted by Crippen LogP contribution is -1.86. The maximum Gasteiger partial charge on any atom is 0.260 e. The van der Waals surface area contributed by atoms with Crippen LogP contribution in [0.25, 0.3) is 11.5 Å². The van der Waals surface area contributed by atoms with E-state index in [1.807, 2.05) is 6.07 Å². The van der Waals surface area contributed by atoms with Gasteiger partial charge in [-0.25, -0.2) is 0 Å². The van der Waals surface area contributed by atoms with Gasteiger partial charge in [0.05, 0.1) is 18.5 Å². The van der Waals surface area contributed by atoms with Crippen molar-refractivity contribution in [3.05, 3.63) is 19.5 Å².